The van der Waals surface area contributed by atoms with Gasteiger partial charge in [0.1, 0.15) is 23.7 Å². The first kappa shape index (κ1) is 19.7. The second-order valence-electron chi connectivity index (χ2n) is 6.50. The molecule has 2 N–H and O–H groups in total. The number of nitrogens with one attached hydrogen (secondary N) is 2. The lowest BCUT2D eigenvalue weighted by molar-refractivity contribution is 0.0940. The van der Waals surface area contributed by atoms with E-state index >= 15 is 0 Å². The minimum atomic E-state index is -0.0922. The van der Waals surface area contributed by atoms with Crippen LogP contribution in [0.3, 0.4) is 0 Å². The van der Waals surface area contributed by atoms with Crippen molar-refractivity contribution in [2.24, 2.45) is 0 Å². The summed E-state index contributed by atoms with van der Waals surface area (Å²) in [7, 11) is 0. The minimum absolute atomic E-state index is 0. The molecule has 1 atom stereocenters. The smallest absolute Gasteiger partial charge is 0.255 e. The van der Waals surface area contributed by atoms with Crippen LogP contribution in [0.15, 0.2) is 28.1 Å². The molecular weight excluding hydrogens is 386 g/mol. The Morgan fingerprint density at radius 1 is 1.44 bits per heavy atom. The van der Waals surface area contributed by atoms with E-state index in [1.165, 1.54) is 0 Å². The number of aryl methyl sites for hydroxylation is 2. The highest BCUT2D eigenvalue weighted by Crippen LogP contribution is 2.30. The number of carbonyl (C=O) groups is 1. The highest BCUT2D eigenvalue weighted by Gasteiger charge is 2.23. The quantitative estimate of drug-likeness (QED) is 0.675. The van der Waals surface area contributed by atoms with Crippen LogP contribution in [0, 0.1) is 13.8 Å². The van der Waals surface area contributed by atoms with E-state index in [2.05, 4.69) is 15.6 Å². The Labute approximate surface area is 167 Å². The first-order chi connectivity index (χ1) is 12.6. The lowest BCUT2D eigenvalue weighted by Gasteiger charge is -2.11. The van der Waals surface area contributed by atoms with Crippen molar-refractivity contribution < 1.29 is 13.9 Å². The van der Waals surface area contributed by atoms with Crippen LogP contribution in [0.2, 0.25) is 0 Å². The Kier molecular flexibility index (Phi) is 6.04. The van der Waals surface area contributed by atoms with E-state index in [0.717, 1.165) is 35.5 Å². The zero-order valence-electron chi connectivity index (χ0n) is 15.2. The molecule has 0 aliphatic carbocycles. The highest BCUT2D eigenvalue weighted by molar-refractivity contribution is 7.09. The van der Waals surface area contributed by atoms with Gasteiger partial charge in [0, 0.05) is 18.0 Å². The molecule has 144 valence electrons. The minimum Gasteiger partial charge on any atom is -0.488 e. The molecule has 0 bridgehead atoms. The predicted molar refractivity (Wildman–Crippen MR) is 108 cm³/mol. The Bertz CT molecular complexity index is 947. The zero-order chi connectivity index (χ0) is 18.1. The molecule has 1 saturated heterocycles. The van der Waals surface area contributed by atoms with Crippen LogP contribution in [0.25, 0.3) is 11.0 Å². The van der Waals surface area contributed by atoms with Crippen LogP contribution < -0.4 is 15.4 Å². The van der Waals surface area contributed by atoms with E-state index in [0.29, 0.717) is 29.3 Å². The van der Waals surface area contributed by atoms with Gasteiger partial charge in [-0.3, -0.25) is 4.79 Å². The molecule has 27 heavy (non-hydrogen) atoms. The third kappa shape index (κ3) is 4.10. The average molecular weight is 408 g/mol. The average Bonchev–Trinajstić information content (AvgIpc) is 3.32. The first-order valence-electron chi connectivity index (χ1n) is 8.68. The van der Waals surface area contributed by atoms with Crippen molar-refractivity contribution >= 4 is 40.6 Å². The van der Waals surface area contributed by atoms with Crippen molar-refractivity contribution in [2.45, 2.75) is 32.9 Å². The van der Waals surface area contributed by atoms with Gasteiger partial charge in [-0.2, -0.15) is 0 Å². The molecule has 1 fully saturated rings. The lowest BCUT2D eigenvalue weighted by Crippen LogP contribution is -2.36. The number of aromatic nitrogens is 1. The third-order valence-corrected chi connectivity index (χ3v) is 5.58. The van der Waals surface area contributed by atoms with E-state index in [-0.39, 0.29) is 24.4 Å². The number of hydrogen-bond acceptors (Lipinski definition) is 6. The van der Waals surface area contributed by atoms with E-state index in [1.54, 1.807) is 11.3 Å². The number of carbonyl (C=O) groups excluding carboxylic acids is 1. The summed E-state index contributed by atoms with van der Waals surface area (Å²) in [6.07, 6.45) is 0.948. The van der Waals surface area contributed by atoms with Gasteiger partial charge in [-0.1, -0.05) is 0 Å². The third-order valence-electron chi connectivity index (χ3n) is 4.67. The second kappa shape index (κ2) is 8.29. The normalized spacial score (nSPS) is 16.3. The maximum Gasteiger partial charge on any atom is 0.255 e. The molecule has 4 rings (SSSR count). The van der Waals surface area contributed by atoms with Crippen LogP contribution in [0.5, 0.6) is 5.75 Å². The van der Waals surface area contributed by atoms with Gasteiger partial charge in [-0.25, -0.2) is 4.98 Å². The molecule has 2 aromatic heterocycles. The fourth-order valence-electron chi connectivity index (χ4n) is 3.22. The number of rotatable bonds is 5. The van der Waals surface area contributed by atoms with Crippen LogP contribution >= 0.6 is 23.7 Å². The SMILES string of the molecule is Cc1ncsc1COc1ccc2oc(C)c(C(=O)NC3CCNC3)c2c1.Cl. The Morgan fingerprint density at radius 2 is 2.30 bits per heavy atom. The summed E-state index contributed by atoms with van der Waals surface area (Å²) >= 11 is 1.58. The number of ether oxygens (including phenoxy) is 1. The van der Waals surface area contributed by atoms with Crippen molar-refractivity contribution in [3.63, 3.8) is 0 Å². The number of fused-ring (bicyclic) bond motifs is 1. The maximum absolute atomic E-state index is 12.8. The summed E-state index contributed by atoms with van der Waals surface area (Å²) < 4.78 is 11.7. The van der Waals surface area contributed by atoms with Gasteiger partial charge >= 0.3 is 0 Å². The number of furan rings is 1. The number of hydrogen-bond donors (Lipinski definition) is 2. The maximum atomic E-state index is 12.8. The molecule has 0 spiro atoms. The molecule has 1 aromatic carbocycles. The molecular formula is C19H22ClN3O3S. The van der Waals surface area contributed by atoms with Gasteiger partial charge in [-0.05, 0) is 45.0 Å². The van der Waals surface area contributed by atoms with E-state index in [1.807, 2.05) is 37.6 Å². The second-order valence-corrected chi connectivity index (χ2v) is 7.44. The molecule has 3 aromatic rings. The summed E-state index contributed by atoms with van der Waals surface area (Å²) in [5.41, 5.74) is 4.09. The van der Waals surface area contributed by atoms with Gasteiger partial charge < -0.3 is 19.8 Å². The van der Waals surface area contributed by atoms with Gasteiger partial charge in [0.25, 0.3) is 5.91 Å². The van der Waals surface area contributed by atoms with E-state index in [4.69, 9.17) is 9.15 Å². The molecule has 1 aliphatic rings. The Balaban J connectivity index is 0.00000210. The summed E-state index contributed by atoms with van der Waals surface area (Å²) in [6.45, 7) is 6.00. The molecule has 1 amide bonds. The molecule has 1 aliphatic heterocycles. The van der Waals surface area contributed by atoms with Gasteiger partial charge in [0.15, 0.2) is 0 Å². The summed E-state index contributed by atoms with van der Waals surface area (Å²) in [5, 5.41) is 7.12. The Morgan fingerprint density at radius 3 is 3.00 bits per heavy atom. The summed E-state index contributed by atoms with van der Waals surface area (Å²) in [5.74, 6) is 1.24. The molecule has 3 heterocycles. The van der Waals surface area contributed by atoms with Crippen LogP contribution in [-0.2, 0) is 6.61 Å². The van der Waals surface area contributed by atoms with Crippen LogP contribution in [-0.4, -0.2) is 30.0 Å². The van der Waals surface area contributed by atoms with Crippen molar-refractivity contribution in [1.29, 1.82) is 0 Å². The topological polar surface area (TPSA) is 76.4 Å². The number of thiazole rings is 1. The number of benzene rings is 1. The fraction of sp³-hybridized carbons (Fsp3) is 0.368. The monoisotopic (exact) mass is 407 g/mol. The van der Waals surface area contributed by atoms with E-state index in [9.17, 15) is 4.79 Å². The molecule has 0 saturated carbocycles. The number of amides is 1. The lowest BCUT2D eigenvalue weighted by atomic mass is 10.1. The highest BCUT2D eigenvalue weighted by atomic mass is 35.5. The summed E-state index contributed by atoms with van der Waals surface area (Å²) in [6, 6.07) is 5.76. The van der Waals surface area contributed by atoms with Crippen LogP contribution in [0.1, 0.15) is 33.1 Å². The van der Waals surface area contributed by atoms with E-state index < -0.39 is 0 Å². The van der Waals surface area contributed by atoms with Gasteiger partial charge in [0.2, 0.25) is 0 Å². The largest absolute Gasteiger partial charge is 0.488 e. The summed E-state index contributed by atoms with van der Waals surface area (Å²) in [4.78, 5) is 18.1. The van der Waals surface area contributed by atoms with Crippen molar-refractivity contribution in [3.05, 3.63) is 45.6 Å². The first-order valence-corrected chi connectivity index (χ1v) is 9.56. The number of nitrogens with zero attached hydrogens (tertiary/aromatic N) is 1. The molecule has 1 unspecified atom stereocenters. The number of halogens is 1. The van der Waals surface area contributed by atoms with Crippen LogP contribution in [0.4, 0.5) is 0 Å². The Hall–Kier alpha value is -2.09. The van der Waals surface area contributed by atoms with Crippen molar-refractivity contribution in [2.75, 3.05) is 13.1 Å². The van der Waals surface area contributed by atoms with Crippen molar-refractivity contribution in [1.82, 2.24) is 15.6 Å². The van der Waals surface area contributed by atoms with Gasteiger partial charge in [-0.15, -0.1) is 23.7 Å². The van der Waals surface area contributed by atoms with Gasteiger partial charge in [0.05, 0.1) is 21.6 Å². The zero-order valence-corrected chi connectivity index (χ0v) is 16.8. The molecule has 6 nitrogen and oxygen atoms in total. The standard InChI is InChI=1S/C19H21N3O3S.ClH/c1-11-17(26-10-21-11)9-24-14-3-4-16-15(7-14)18(12(2)25-16)19(23)22-13-5-6-20-8-13;/h3-4,7,10,13,20H,5-6,8-9H2,1-2H3,(H,22,23);1H. The van der Waals surface area contributed by atoms with Crippen molar-refractivity contribution in [3.8, 4) is 5.75 Å². The molecule has 8 heteroatoms. The fourth-order valence-corrected chi connectivity index (χ4v) is 3.91. The molecule has 0 radical (unpaired) electrons. The predicted octanol–water partition coefficient (Wildman–Crippen LogP) is 3.60.